The van der Waals surface area contributed by atoms with Crippen LogP contribution in [0.4, 0.5) is 5.69 Å². The lowest BCUT2D eigenvalue weighted by atomic mass is 10.2. The number of amides is 1. The molecule has 0 spiro atoms. The van der Waals surface area contributed by atoms with Crippen molar-refractivity contribution in [1.29, 1.82) is 0 Å². The Hall–Kier alpha value is -2.58. The zero-order chi connectivity index (χ0) is 20.3. The van der Waals surface area contributed by atoms with Crippen LogP contribution >= 0.6 is 23.1 Å². The summed E-state index contributed by atoms with van der Waals surface area (Å²) in [6, 6.07) is 7.36. The highest BCUT2D eigenvalue weighted by Gasteiger charge is 2.20. The molecule has 0 radical (unpaired) electrons. The number of carbonyl (C=O) groups excluding carboxylic acids is 1. The second-order valence-corrected chi connectivity index (χ2v) is 8.39. The lowest BCUT2D eigenvalue weighted by molar-refractivity contribution is -0.115. The minimum absolute atomic E-state index is 0.124. The number of carbonyl (C=O) groups is 1. The lowest BCUT2D eigenvalue weighted by Gasteiger charge is -2.16. The number of hydrogen-bond acceptors (Lipinski definition) is 6. The first kappa shape index (κ1) is 20.2. The molecule has 1 unspecified atom stereocenters. The van der Waals surface area contributed by atoms with Gasteiger partial charge in [-0.1, -0.05) is 23.9 Å². The van der Waals surface area contributed by atoms with Crippen molar-refractivity contribution >= 4 is 44.9 Å². The molecular formula is C20H21N3O3S2. The zero-order valence-corrected chi connectivity index (χ0v) is 17.5. The summed E-state index contributed by atoms with van der Waals surface area (Å²) in [5.41, 5.74) is 1.51. The number of allylic oxidation sites excluding steroid dienone is 1. The number of thiophene rings is 1. The summed E-state index contributed by atoms with van der Waals surface area (Å²) in [5.74, 6) is 0.400. The van der Waals surface area contributed by atoms with Gasteiger partial charge >= 0.3 is 0 Å². The SMILES string of the molecule is C=CCn1c(SC(C)C(=O)Nc2cc(C)ccc2OC)nc2sccc2c1=O. The Balaban J connectivity index is 1.86. The van der Waals surface area contributed by atoms with Crippen molar-refractivity contribution < 1.29 is 9.53 Å². The molecule has 146 valence electrons. The monoisotopic (exact) mass is 415 g/mol. The van der Waals surface area contributed by atoms with Crippen molar-refractivity contribution in [3.05, 3.63) is 58.2 Å². The van der Waals surface area contributed by atoms with E-state index in [4.69, 9.17) is 4.74 Å². The number of nitrogens with zero attached hydrogens (tertiary/aromatic N) is 2. The van der Waals surface area contributed by atoms with Crippen molar-refractivity contribution in [3.8, 4) is 5.75 Å². The van der Waals surface area contributed by atoms with Gasteiger partial charge in [0.1, 0.15) is 10.6 Å². The smallest absolute Gasteiger partial charge is 0.263 e. The van der Waals surface area contributed by atoms with E-state index in [2.05, 4.69) is 16.9 Å². The summed E-state index contributed by atoms with van der Waals surface area (Å²) < 4.78 is 6.86. The molecule has 0 fully saturated rings. The quantitative estimate of drug-likeness (QED) is 0.358. The molecule has 0 aliphatic heterocycles. The predicted molar refractivity (Wildman–Crippen MR) is 116 cm³/mol. The summed E-state index contributed by atoms with van der Waals surface area (Å²) >= 11 is 2.65. The first-order chi connectivity index (χ1) is 13.4. The van der Waals surface area contributed by atoms with Crippen LogP contribution in [0.5, 0.6) is 5.75 Å². The van der Waals surface area contributed by atoms with E-state index in [1.165, 1.54) is 23.1 Å². The van der Waals surface area contributed by atoms with Gasteiger partial charge in [0.2, 0.25) is 5.91 Å². The minimum atomic E-state index is -0.467. The summed E-state index contributed by atoms with van der Waals surface area (Å²) in [7, 11) is 1.56. The van der Waals surface area contributed by atoms with Gasteiger partial charge in [-0.2, -0.15) is 0 Å². The number of aryl methyl sites for hydroxylation is 1. The second kappa shape index (κ2) is 8.62. The van der Waals surface area contributed by atoms with Gasteiger partial charge < -0.3 is 10.1 Å². The van der Waals surface area contributed by atoms with Crippen LogP contribution in [0.3, 0.4) is 0 Å². The molecule has 1 amide bonds. The number of methoxy groups -OCH3 is 1. The van der Waals surface area contributed by atoms with Crippen molar-refractivity contribution in [3.63, 3.8) is 0 Å². The number of anilines is 1. The Labute approximate surface area is 171 Å². The van der Waals surface area contributed by atoms with E-state index in [0.717, 1.165) is 5.56 Å². The fourth-order valence-corrected chi connectivity index (χ4v) is 4.40. The molecule has 0 aliphatic carbocycles. The molecule has 0 saturated heterocycles. The molecule has 1 aromatic carbocycles. The number of fused-ring (bicyclic) bond motifs is 1. The Bertz CT molecular complexity index is 1090. The molecule has 2 heterocycles. The third-order valence-corrected chi connectivity index (χ3v) is 6.02. The molecule has 1 N–H and O–H groups in total. The van der Waals surface area contributed by atoms with Crippen molar-refractivity contribution in [1.82, 2.24) is 9.55 Å². The molecule has 3 rings (SSSR count). The van der Waals surface area contributed by atoms with E-state index in [-0.39, 0.29) is 11.5 Å². The van der Waals surface area contributed by atoms with E-state index < -0.39 is 5.25 Å². The summed E-state index contributed by atoms with van der Waals surface area (Å²) in [6.07, 6.45) is 1.65. The summed E-state index contributed by atoms with van der Waals surface area (Å²) in [6.45, 7) is 7.78. The number of nitrogens with one attached hydrogen (secondary N) is 1. The van der Waals surface area contributed by atoms with Gasteiger partial charge in [-0.25, -0.2) is 4.98 Å². The van der Waals surface area contributed by atoms with Crippen molar-refractivity contribution in [2.45, 2.75) is 30.8 Å². The maximum absolute atomic E-state index is 12.7. The van der Waals surface area contributed by atoms with Crippen LogP contribution in [0.2, 0.25) is 0 Å². The first-order valence-electron chi connectivity index (χ1n) is 8.65. The normalized spacial score (nSPS) is 12.0. The average molecular weight is 416 g/mol. The van der Waals surface area contributed by atoms with E-state index in [0.29, 0.717) is 33.4 Å². The number of ether oxygens (including phenoxy) is 1. The van der Waals surface area contributed by atoms with Crippen LogP contribution in [0.15, 0.2) is 52.3 Å². The van der Waals surface area contributed by atoms with E-state index in [9.17, 15) is 9.59 Å². The minimum Gasteiger partial charge on any atom is -0.495 e. The fraction of sp³-hybridized carbons (Fsp3) is 0.250. The van der Waals surface area contributed by atoms with Crippen LogP contribution < -0.4 is 15.6 Å². The lowest BCUT2D eigenvalue weighted by Crippen LogP contribution is -2.26. The summed E-state index contributed by atoms with van der Waals surface area (Å²) in [4.78, 5) is 30.7. The highest BCUT2D eigenvalue weighted by Crippen LogP contribution is 2.28. The Kier molecular flexibility index (Phi) is 6.21. The third-order valence-electron chi connectivity index (χ3n) is 4.12. The average Bonchev–Trinajstić information content (AvgIpc) is 3.13. The number of benzene rings is 1. The molecular weight excluding hydrogens is 394 g/mol. The second-order valence-electron chi connectivity index (χ2n) is 6.19. The summed E-state index contributed by atoms with van der Waals surface area (Å²) in [5, 5.41) is 5.36. The predicted octanol–water partition coefficient (Wildman–Crippen LogP) is 4.08. The van der Waals surface area contributed by atoms with Gasteiger partial charge in [0.25, 0.3) is 5.56 Å². The third kappa shape index (κ3) is 4.13. The van der Waals surface area contributed by atoms with E-state index in [1.807, 2.05) is 30.5 Å². The van der Waals surface area contributed by atoms with Crippen LogP contribution in [0, 0.1) is 6.92 Å². The van der Waals surface area contributed by atoms with E-state index >= 15 is 0 Å². The van der Waals surface area contributed by atoms with Crippen molar-refractivity contribution in [2.24, 2.45) is 0 Å². The maximum Gasteiger partial charge on any atom is 0.263 e. The molecule has 6 nitrogen and oxygen atoms in total. The molecule has 1 atom stereocenters. The van der Waals surface area contributed by atoms with Crippen molar-refractivity contribution in [2.75, 3.05) is 12.4 Å². The standard InChI is InChI=1S/C20H21N3O3S2/c1-5-9-23-19(25)14-8-10-27-18(14)22-20(23)28-13(3)17(24)21-15-11-12(2)6-7-16(15)26-4/h5-8,10-11,13H,1,9H2,2-4H3,(H,21,24). The van der Waals surface area contributed by atoms with Gasteiger partial charge in [0.05, 0.1) is 23.4 Å². The molecule has 0 bridgehead atoms. The van der Waals surface area contributed by atoms with Gasteiger partial charge in [-0.3, -0.25) is 14.2 Å². The van der Waals surface area contributed by atoms with Crippen LogP contribution in [0.25, 0.3) is 10.2 Å². The van der Waals surface area contributed by atoms with E-state index in [1.54, 1.807) is 30.7 Å². The van der Waals surface area contributed by atoms with Crippen LogP contribution in [-0.2, 0) is 11.3 Å². The molecule has 2 aromatic heterocycles. The molecule has 0 aliphatic rings. The number of rotatable bonds is 7. The number of thioether (sulfide) groups is 1. The molecule has 28 heavy (non-hydrogen) atoms. The Morgan fingerprint density at radius 1 is 1.46 bits per heavy atom. The fourth-order valence-electron chi connectivity index (χ4n) is 2.68. The maximum atomic E-state index is 12.7. The highest BCUT2D eigenvalue weighted by atomic mass is 32.2. The largest absolute Gasteiger partial charge is 0.495 e. The highest BCUT2D eigenvalue weighted by molar-refractivity contribution is 8.00. The molecule has 0 saturated carbocycles. The Morgan fingerprint density at radius 2 is 2.25 bits per heavy atom. The van der Waals surface area contributed by atoms with Gasteiger partial charge in [-0.05, 0) is 43.0 Å². The van der Waals surface area contributed by atoms with Gasteiger partial charge in [0.15, 0.2) is 5.16 Å². The van der Waals surface area contributed by atoms with Crippen LogP contribution in [0.1, 0.15) is 12.5 Å². The topological polar surface area (TPSA) is 73.2 Å². The van der Waals surface area contributed by atoms with Gasteiger partial charge in [-0.15, -0.1) is 17.9 Å². The zero-order valence-electron chi connectivity index (χ0n) is 15.9. The number of hydrogen-bond donors (Lipinski definition) is 1. The van der Waals surface area contributed by atoms with Gasteiger partial charge in [0, 0.05) is 6.54 Å². The molecule has 3 aromatic rings. The first-order valence-corrected chi connectivity index (χ1v) is 10.4. The Morgan fingerprint density at radius 3 is 2.96 bits per heavy atom. The molecule has 8 heteroatoms. The van der Waals surface area contributed by atoms with Crippen LogP contribution in [-0.4, -0.2) is 27.8 Å². The number of aromatic nitrogens is 2.